The lowest BCUT2D eigenvalue weighted by Gasteiger charge is -2.08. The average molecular weight is 441 g/mol. The van der Waals surface area contributed by atoms with Gasteiger partial charge in [0.1, 0.15) is 29.9 Å². The number of carbonyl (C=O) groups excluding carboxylic acids is 1. The lowest BCUT2D eigenvalue weighted by Crippen LogP contribution is -2.15. The van der Waals surface area contributed by atoms with Gasteiger partial charge in [-0.3, -0.25) is 4.79 Å². The first-order valence-corrected chi connectivity index (χ1v) is 9.38. The fourth-order valence-corrected chi connectivity index (χ4v) is 2.86. The third-order valence-electron chi connectivity index (χ3n) is 4.47. The van der Waals surface area contributed by atoms with E-state index in [2.05, 4.69) is 10.4 Å². The molecule has 0 radical (unpaired) electrons. The highest BCUT2D eigenvalue weighted by Gasteiger charge is 2.21. The summed E-state index contributed by atoms with van der Waals surface area (Å²) in [5, 5.41) is 6.43. The Labute approximate surface area is 179 Å². The maximum absolute atomic E-state index is 14.0. The van der Waals surface area contributed by atoms with Crippen LogP contribution in [0.1, 0.15) is 16.1 Å². The van der Waals surface area contributed by atoms with Crippen LogP contribution in [0.2, 0.25) is 0 Å². The molecule has 5 nitrogen and oxygen atoms in total. The van der Waals surface area contributed by atoms with Crippen LogP contribution in [0, 0.1) is 23.3 Å². The van der Waals surface area contributed by atoms with Crippen molar-refractivity contribution in [1.29, 1.82) is 0 Å². The van der Waals surface area contributed by atoms with Crippen molar-refractivity contribution in [2.24, 2.45) is 0 Å². The predicted octanol–water partition coefficient (Wildman–Crippen LogP) is 5.26. The van der Waals surface area contributed by atoms with Crippen molar-refractivity contribution in [3.63, 3.8) is 0 Å². The number of hydrogen-bond acceptors (Lipinski definition) is 3. The van der Waals surface area contributed by atoms with Gasteiger partial charge in [-0.15, -0.1) is 0 Å². The number of aromatic nitrogens is 2. The van der Waals surface area contributed by atoms with Crippen molar-refractivity contribution in [2.75, 3.05) is 5.32 Å². The Morgan fingerprint density at radius 2 is 1.50 bits per heavy atom. The first-order chi connectivity index (χ1) is 15.4. The van der Waals surface area contributed by atoms with Crippen LogP contribution in [0.25, 0.3) is 5.69 Å². The van der Waals surface area contributed by atoms with E-state index in [1.54, 1.807) is 0 Å². The molecule has 0 atom stereocenters. The highest BCUT2D eigenvalue weighted by molar-refractivity contribution is 6.04. The number of amides is 1. The van der Waals surface area contributed by atoms with Crippen LogP contribution in [0.4, 0.5) is 23.2 Å². The summed E-state index contributed by atoms with van der Waals surface area (Å²) in [6.07, 6.45) is 1.40. The number of nitrogens with one attached hydrogen (secondary N) is 1. The molecule has 0 spiro atoms. The summed E-state index contributed by atoms with van der Waals surface area (Å²) in [4.78, 5) is 12.8. The first kappa shape index (κ1) is 21.1. The summed E-state index contributed by atoms with van der Waals surface area (Å²) in [6.45, 7) is -0.00992. The third kappa shape index (κ3) is 4.77. The standard InChI is InChI=1S/C23H15F4N3O2/c24-15-3-1-14(2-4-15)13-32-21-12-30(18-8-5-16(25)6-9-18)29-22(21)23(31)28-20-11-17(26)7-10-19(20)27/h1-12H,13H2,(H,28,31). The van der Waals surface area contributed by atoms with E-state index in [4.69, 9.17) is 4.74 Å². The number of ether oxygens (including phenoxy) is 1. The summed E-state index contributed by atoms with van der Waals surface area (Å²) in [7, 11) is 0. The molecule has 0 saturated heterocycles. The van der Waals surface area contributed by atoms with E-state index in [1.807, 2.05) is 0 Å². The lowest BCUT2D eigenvalue weighted by atomic mass is 10.2. The zero-order valence-corrected chi connectivity index (χ0v) is 16.4. The van der Waals surface area contributed by atoms with Gasteiger partial charge in [0.15, 0.2) is 11.4 Å². The summed E-state index contributed by atoms with van der Waals surface area (Å²) in [5.74, 6) is -3.22. The Morgan fingerprint density at radius 1 is 0.875 bits per heavy atom. The van der Waals surface area contributed by atoms with Gasteiger partial charge in [0.05, 0.1) is 17.6 Å². The number of nitrogens with zero attached hydrogens (tertiary/aromatic N) is 2. The minimum atomic E-state index is -0.843. The van der Waals surface area contributed by atoms with Gasteiger partial charge in [-0.2, -0.15) is 5.10 Å². The molecule has 1 N–H and O–H groups in total. The molecule has 0 unspecified atom stereocenters. The SMILES string of the molecule is O=C(Nc1cc(F)ccc1F)c1nn(-c2ccc(F)cc2)cc1OCc1ccc(F)cc1. The van der Waals surface area contributed by atoms with Gasteiger partial charge in [-0.1, -0.05) is 12.1 Å². The number of hydrogen-bond donors (Lipinski definition) is 1. The molecule has 3 aromatic carbocycles. The van der Waals surface area contributed by atoms with Crippen LogP contribution >= 0.6 is 0 Å². The quantitative estimate of drug-likeness (QED) is 0.416. The van der Waals surface area contributed by atoms with E-state index in [9.17, 15) is 22.4 Å². The van der Waals surface area contributed by atoms with Crippen molar-refractivity contribution in [3.8, 4) is 11.4 Å². The number of benzene rings is 3. The Kier molecular flexibility index (Phi) is 5.89. The Hall–Kier alpha value is -4.14. The van der Waals surface area contributed by atoms with E-state index >= 15 is 0 Å². The molecule has 0 fully saturated rings. The molecule has 1 amide bonds. The van der Waals surface area contributed by atoms with Gasteiger partial charge >= 0.3 is 0 Å². The monoisotopic (exact) mass is 441 g/mol. The van der Waals surface area contributed by atoms with Crippen LogP contribution in [0.15, 0.2) is 72.9 Å². The van der Waals surface area contributed by atoms with Crippen LogP contribution < -0.4 is 10.1 Å². The van der Waals surface area contributed by atoms with Crippen molar-refractivity contribution in [2.45, 2.75) is 6.61 Å². The van der Waals surface area contributed by atoms with Gasteiger partial charge < -0.3 is 10.1 Å². The van der Waals surface area contributed by atoms with Crippen LogP contribution in [-0.4, -0.2) is 15.7 Å². The van der Waals surface area contributed by atoms with E-state index in [-0.39, 0.29) is 23.7 Å². The van der Waals surface area contributed by atoms with Gasteiger partial charge in [0.2, 0.25) is 0 Å². The Balaban J connectivity index is 1.64. The second-order valence-electron chi connectivity index (χ2n) is 6.76. The van der Waals surface area contributed by atoms with Gasteiger partial charge in [0, 0.05) is 6.07 Å². The normalized spacial score (nSPS) is 10.8. The topological polar surface area (TPSA) is 56.2 Å². The van der Waals surface area contributed by atoms with E-state index in [1.165, 1.54) is 59.4 Å². The summed E-state index contributed by atoms with van der Waals surface area (Å²) in [6, 6.07) is 13.5. The summed E-state index contributed by atoms with van der Waals surface area (Å²) in [5.41, 5.74) is 0.494. The molecule has 0 aliphatic carbocycles. The summed E-state index contributed by atoms with van der Waals surface area (Å²) >= 11 is 0. The Morgan fingerprint density at radius 3 is 2.19 bits per heavy atom. The molecular formula is C23H15F4N3O2. The molecule has 0 bridgehead atoms. The van der Waals surface area contributed by atoms with Gasteiger partial charge in [-0.25, -0.2) is 22.2 Å². The van der Waals surface area contributed by atoms with E-state index in [0.717, 1.165) is 18.2 Å². The molecule has 1 heterocycles. The average Bonchev–Trinajstić information content (AvgIpc) is 3.21. The molecule has 4 aromatic rings. The van der Waals surface area contributed by atoms with E-state index < -0.39 is 29.2 Å². The number of anilines is 1. The third-order valence-corrected chi connectivity index (χ3v) is 4.47. The maximum Gasteiger partial charge on any atom is 0.280 e. The Bertz CT molecular complexity index is 1260. The largest absolute Gasteiger partial charge is 0.485 e. The molecule has 0 aliphatic rings. The molecule has 32 heavy (non-hydrogen) atoms. The summed E-state index contributed by atoms with van der Waals surface area (Å²) < 4.78 is 60.8. The van der Waals surface area contributed by atoms with Crippen molar-refractivity contribution in [3.05, 3.63) is 107 Å². The first-order valence-electron chi connectivity index (χ1n) is 9.38. The van der Waals surface area contributed by atoms with Crippen molar-refractivity contribution < 1.29 is 27.1 Å². The zero-order chi connectivity index (χ0) is 22.7. The predicted molar refractivity (Wildman–Crippen MR) is 109 cm³/mol. The lowest BCUT2D eigenvalue weighted by molar-refractivity contribution is 0.101. The maximum atomic E-state index is 14.0. The molecule has 0 saturated carbocycles. The highest BCUT2D eigenvalue weighted by Crippen LogP contribution is 2.24. The molecule has 1 aromatic heterocycles. The smallest absolute Gasteiger partial charge is 0.280 e. The number of carbonyl (C=O) groups is 1. The van der Waals surface area contributed by atoms with E-state index in [0.29, 0.717) is 11.3 Å². The molecule has 0 aliphatic heterocycles. The van der Waals surface area contributed by atoms with Crippen LogP contribution in [0.3, 0.4) is 0 Å². The van der Waals surface area contributed by atoms with Crippen LogP contribution in [0.5, 0.6) is 5.75 Å². The van der Waals surface area contributed by atoms with Crippen LogP contribution in [-0.2, 0) is 6.61 Å². The number of halogens is 4. The second-order valence-corrected chi connectivity index (χ2v) is 6.76. The minimum absolute atomic E-state index is 0.00992. The number of rotatable bonds is 6. The second kappa shape index (κ2) is 8.93. The zero-order valence-electron chi connectivity index (χ0n) is 16.4. The molecule has 9 heteroatoms. The van der Waals surface area contributed by atoms with Gasteiger partial charge in [-0.05, 0) is 54.1 Å². The fraction of sp³-hybridized carbons (Fsp3) is 0.0435. The molecule has 162 valence electrons. The minimum Gasteiger partial charge on any atom is -0.485 e. The van der Waals surface area contributed by atoms with Crippen molar-refractivity contribution >= 4 is 11.6 Å². The molecular weight excluding hydrogens is 426 g/mol. The van der Waals surface area contributed by atoms with Gasteiger partial charge in [0.25, 0.3) is 5.91 Å². The molecule has 4 rings (SSSR count). The fourth-order valence-electron chi connectivity index (χ4n) is 2.86. The highest BCUT2D eigenvalue weighted by atomic mass is 19.1. The van der Waals surface area contributed by atoms with Crippen molar-refractivity contribution in [1.82, 2.24) is 9.78 Å².